The van der Waals surface area contributed by atoms with Crippen molar-refractivity contribution >= 4 is 17.5 Å². The van der Waals surface area contributed by atoms with Crippen LogP contribution in [-0.4, -0.2) is 24.4 Å². The Balaban J connectivity index is 2.14. The van der Waals surface area contributed by atoms with Gasteiger partial charge in [-0.1, -0.05) is 0 Å². The molecule has 1 saturated heterocycles. The van der Waals surface area contributed by atoms with Gasteiger partial charge < -0.3 is 10.2 Å². The van der Waals surface area contributed by atoms with Crippen molar-refractivity contribution in [1.29, 1.82) is 0 Å². The molecule has 0 spiro atoms. The summed E-state index contributed by atoms with van der Waals surface area (Å²) in [5.41, 5.74) is 0.637. The Morgan fingerprint density at radius 3 is 2.60 bits per heavy atom. The Hall–Kier alpha value is -1.91. The molecule has 1 fully saturated rings. The molecule has 20 heavy (non-hydrogen) atoms. The quantitative estimate of drug-likeness (QED) is 0.861. The molecular weight excluding hydrogens is 259 g/mol. The molecule has 2 amide bonds. The van der Waals surface area contributed by atoms with Gasteiger partial charge in [0.25, 0.3) is 0 Å². The summed E-state index contributed by atoms with van der Waals surface area (Å²) in [7, 11) is 0. The zero-order chi connectivity index (χ0) is 14.7. The van der Waals surface area contributed by atoms with Crippen LogP contribution in [0.15, 0.2) is 24.3 Å². The minimum Gasteiger partial charge on any atom is -0.353 e. The van der Waals surface area contributed by atoms with Crippen LogP contribution in [-0.2, 0) is 9.59 Å². The van der Waals surface area contributed by atoms with Gasteiger partial charge in [-0.2, -0.15) is 0 Å². The van der Waals surface area contributed by atoms with E-state index in [0.29, 0.717) is 18.7 Å². The van der Waals surface area contributed by atoms with Crippen molar-refractivity contribution in [2.24, 2.45) is 5.92 Å². The van der Waals surface area contributed by atoms with Crippen molar-refractivity contribution in [3.8, 4) is 0 Å². The van der Waals surface area contributed by atoms with Crippen molar-refractivity contribution in [3.63, 3.8) is 0 Å². The van der Waals surface area contributed by atoms with Crippen LogP contribution in [0, 0.1) is 11.7 Å². The van der Waals surface area contributed by atoms with Crippen LogP contribution < -0.4 is 10.2 Å². The van der Waals surface area contributed by atoms with Gasteiger partial charge in [0.15, 0.2) is 0 Å². The number of carbonyl (C=O) groups excluding carboxylic acids is 2. The van der Waals surface area contributed by atoms with Gasteiger partial charge in [0.2, 0.25) is 11.8 Å². The topological polar surface area (TPSA) is 49.4 Å². The minimum absolute atomic E-state index is 0.0106. The van der Waals surface area contributed by atoms with Gasteiger partial charge in [-0.3, -0.25) is 9.59 Å². The van der Waals surface area contributed by atoms with Crippen LogP contribution in [0.3, 0.4) is 0 Å². The normalized spacial score (nSPS) is 19.3. The molecule has 1 aliphatic heterocycles. The molecule has 5 heteroatoms. The van der Waals surface area contributed by atoms with E-state index < -0.39 is 5.92 Å². The summed E-state index contributed by atoms with van der Waals surface area (Å²) < 4.78 is 12.9. The minimum atomic E-state index is -0.642. The molecule has 0 aromatic heterocycles. The molecule has 4 nitrogen and oxygen atoms in total. The van der Waals surface area contributed by atoms with Crippen LogP contribution in [0.1, 0.15) is 26.7 Å². The van der Waals surface area contributed by atoms with E-state index >= 15 is 0 Å². The van der Waals surface area contributed by atoms with Gasteiger partial charge in [-0.15, -0.1) is 0 Å². The maximum atomic E-state index is 12.9. The summed E-state index contributed by atoms with van der Waals surface area (Å²) in [5.74, 6) is -1.42. The fourth-order valence-corrected chi connectivity index (χ4v) is 2.38. The van der Waals surface area contributed by atoms with Gasteiger partial charge in [-0.05, 0) is 51.0 Å². The van der Waals surface area contributed by atoms with Gasteiger partial charge in [0.05, 0.1) is 0 Å². The van der Waals surface area contributed by atoms with Gasteiger partial charge in [0, 0.05) is 18.3 Å². The van der Waals surface area contributed by atoms with Crippen LogP contribution >= 0.6 is 0 Å². The van der Waals surface area contributed by atoms with E-state index in [1.165, 1.54) is 12.1 Å². The molecule has 2 rings (SSSR count). The third kappa shape index (κ3) is 3.15. The molecule has 1 heterocycles. The van der Waals surface area contributed by atoms with Gasteiger partial charge in [-0.25, -0.2) is 4.39 Å². The first-order chi connectivity index (χ1) is 9.49. The van der Waals surface area contributed by atoms with E-state index in [4.69, 9.17) is 0 Å². The first kappa shape index (κ1) is 14.5. The molecule has 1 N–H and O–H groups in total. The molecule has 0 saturated carbocycles. The highest BCUT2D eigenvalue weighted by Gasteiger charge is 2.34. The molecule has 1 atom stereocenters. The van der Waals surface area contributed by atoms with Crippen molar-refractivity contribution in [2.45, 2.75) is 32.7 Å². The van der Waals surface area contributed by atoms with Gasteiger partial charge >= 0.3 is 0 Å². The SMILES string of the molecule is CC(C)NC(=O)C1CCCN(c2ccc(F)cc2)C1=O. The maximum Gasteiger partial charge on any atom is 0.239 e. The lowest BCUT2D eigenvalue weighted by atomic mass is 9.95. The number of carbonyl (C=O) groups is 2. The number of amides is 2. The number of benzene rings is 1. The molecule has 0 radical (unpaired) electrons. The molecular formula is C15H19FN2O2. The third-order valence-electron chi connectivity index (χ3n) is 3.32. The largest absolute Gasteiger partial charge is 0.353 e. The number of hydrogen-bond donors (Lipinski definition) is 1. The van der Waals surface area contributed by atoms with Crippen LogP contribution in [0.4, 0.5) is 10.1 Å². The standard InChI is InChI=1S/C15H19FN2O2/c1-10(2)17-14(19)13-4-3-9-18(15(13)20)12-7-5-11(16)6-8-12/h5-8,10,13H,3-4,9H2,1-2H3,(H,17,19). The second-order valence-electron chi connectivity index (χ2n) is 5.32. The first-order valence-corrected chi connectivity index (χ1v) is 6.86. The van der Waals surface area contributed by atoms with Crippen molar-refractivity contribution in [1.82, 2.24) is 5.32 Å². The number of anilines is 1. The average Bonchev–Trinajstić information content (AvgIpc) is 2.39. The molecule has 1 aliphatic rings. The van der Waals surface area contributed by atoms with E-state index in [-0.39, 0.29) is 23.7 Å². The van der Waals surface area contributed by atoms with Crippen molar-refractivity contribution in [2.75, 3.05) is 11.4 Å². The first-order valence-electron chi connectivity index (χ1n) is 6.86. The lowest BCUT2D eigenvalue weighted by Crippen LogP contribution is -2.48. The maximum absolute atomic E-state index is 12.9. The lowest BCUT2D eigenvalue weighted by Gasteiger charge is -2.32. The number of nitrogens with one attached hydrogen (secondary N) is 1. The van der Waals surface area contributed by atoms with Gasteiger partial charge in [0.1, 0.15) is 11.7 Å². The molecule has 1 aromatic carbocycles. The Bertz CT molecular complexity index is 499. The molecule has 1 unspecified atom stereocenters. The Morgan fingerprint density at radius 2 is 2.00 bits per heavy atom. The smallest absolute Gasteiger partial charge is 0.239 e. The summed E-state index contributed by atoms with van der Waals surface area (Å²) in [6.07, 6.45) is 1.33. The summed E-state index contributed by atoms with van der Waals surface area (Å²) in [6, 6.07) is 5.78. The monoisotopic (exact) mass is 278 g/mol. The summed E-state index contributed by atoms with van der Waals surface area (Å²) in [6.45, 7) is 4.29. The van der Waals surface area contributed by atoms with Crippen LogP contribution in [0.25, 0.3) is 0 Å². The van der Waals surface area contributed by atoms with E-state index in [1.807, 2.05) is 13.8 Å². The van der Waals surface area contributed by atoms with Crippen LogP contribution in [0.5, 0.6) is 0 Å². The second-order valence-corrected chi connectivity index (χ2v) is 5.32. The summed E-state index contributed by atoms with van der Waals surface area (Å²) in [4.78, 5) is 26.0. The molecule has 0 aliphatic carbocycles. The second kappa shape index (κ2) is 6.03. The Labute approximate surface area is 118 Å². The number of nitrogens with zero attached hydrogens (tertiary/aromatic N) is 1. The fraction of sp³-hybridized carbons (Fsp3) is 0.467. The van der Waals surface area contributed by atoms with Crippen molar-refractivity contribution in [3.05, 3.63) is 30.1 Å². The lowest BCUT2D eigenvalue weighted by molar-refractivity contribution is -0.135. The fourth-order valence-electron chi connectivity index (χ4n) is 2.38. The van der Waals surface area contributed by atoms with E-state index in [2.05, 4.69) is 5.32 Å². The number of halogens is 1. The third-order valence-corrected chi connectivity index (χ3v) is 3.32. The molecule has 0 bridgehead atoms. The van der Waals surface area contributed by atoms with E-state index in [0.717, 1.165) is 6.42 Å². The van der Waals surface area contributed by atoms with E-state index in [1.54, 1.807) is 17.0 Å². The van der Waals surface area contributed by atoms with E-state index in [9.17, 15) is 14.0 Å². The zero-order valence-corrected chi connectivity index (χ0v) is 11.7. The molecule has 108 valence electrons. The zero-order valence-electron chi connectivity index (χ0n) is 11.7. The molecule has 1 aromatic rings. The highest BCUT2D eigenvalue weighted by Crippen LogP contribution is 2.24. The number of rotatable bonds is 3. The number of hydrogen-bond acceptors (Lipinski definition) is 2. The highest BCUT2D eigenvalue weighted by molar-refractivity contribution is 6.08. The average molecular weight is 278 g/mol. The van der Waals surface area contributed by atoms with Crippen molar-refractivity contribution < 1.29 is 14.0 Å². The Morgan fingerprint density at radius 1 is 1.35 bits per heavy atom. The highest BCUT2D eigenvalue weighted by atomic mass is 19.1. The summed E-state index contributed by atoms with van der Waals surface area (Å²) >= 11 is 0. The van der Waals surface area contributed by atoms with Crippen LogP contribution in [0.2, 0.25) is 0 Å². The Kier molecular flexibility index (Phi) is 4.37. The number of piperidine rings is 1. The summed E-state index contributed by atoms with van der Waals surface area (Å²) in [5, 5.41) is 2.78. The predicted molar refractivity (Wildman–Crippen MR) is 74.8 cm³/mol. The predicted octanol–water partition coefficient (Wildman–Crippen LogP) is 2.09.